The van der Waals surface area contributed by atoms with Gasteiger partial charge in [0.1, 0.15) is 11.0 Å². The average molecular weight is 514 g/mol. The Kier molecular flexibility index (Phi) is 8.97. The van der Waals surface area contributed by atoms with Crippen LogP contribution in [0.1, 0.15) is 17.7 Å². The predicted octanol–water partition coefficient (Wildman–Crippen LogP) is 7.37. The first-order chi connectivity index (χ1) is 17.6. The Bertz CT molecular complexity index is 1270. The van der Waals surface area contributed by atoms with E-state index >= 15 is 0 Å². The molecule has 36 heavy (non-hydrogen) atoms. The second-order valence-electron chi connectivity index (χ2n) is 7.82. The molecule has 0 bridgehead atoms. The van der Waals surface area contributed by atoms with Gasteiger partial charge in [0.2, 0.25) is 5.91 Å². The first-order valence-electron chi connectivity index (χ1n) is 11.6. The molecule has 5 nitrogen and oxygen atoms in total. The van der Waals surface area contributed by atoms with Gasteiger partial charge in [0.25, 0.3) is 0 Å². The number of hydrogen-bond donors (Lipinski definition) is 3. The van der Waals surface area contributed by atoms with Gasteiger partial charge in [0.05, 0.1) is 6.61 Å². The van der Waals surface area contributed by atoms with E-state index in [1.807, 2.05) is 116 Å². The molecule has 0 spiro atoms. The summed E-state index contributed by atoms with van der Waals surface area (Å²) in [6.07, 6.45) is 0. The van der Waals surface area contributed by atoms with Gasteiger partial charge in [-0.15, -0.1) is 11.8 Å². The van der Waals surface area contributed by atoms with Crippen molar-refractivity contribution in [3.05, 3.63) is 115 Å². The molecular formula is C29H27N3O2S2. The maximum Gasteiger partial charge on any atom is 0.242 e. The molecule has 4 rings (SSSR count). The summed E-state index contributed by atoms with van der Waals surface area (Å²) in [6, 6.07) is 34.8. The van der Waals surface area contributed by atoms with Crippen LogP contribution in [0.2, 0.25) is 0 Å². The Labute approximate surface area is 221 Å². The number of rotatable bonds is 9. The van der Waals surface area contributed by atoms with E-state index in [1.54, 1.807) is 0 Å². The van der Waals surface area contributed by atoms with Crippen LogP contribution in [0.5, 0.6) is 5.75 Å². The van der Waals surface area contributed by atoms with Crippen molar-refractivity contribution < 1.29 is 9.53 Å². The zero-order chi connectivity index (χ0) is 25.2. The summed E-state index contributed by atoms with van der Waals surface area (Å²) in [7, 11) is 0. The molecule has 7 heteroatoms. The third kappa shape index (κ3) is 7.34. The smallest absolute Gasteiger partial charge is 0.242 e. The van der Waals surface area contributed by atoms with Gasteiger partial charge in [-0.05, 0) is 85.4 Å². The number of benzene rings is 4. The number of para-hydroxylation sites is 1. The van der Waals surface area contributed by atoms with Crippen LogP contribution in [-0.2, 0) is 4.79 Å². The summed E-state index contributed by atoms with van der Waals surface area (Å²) < 4.78 is 5.49. The normalized spacial score (nSPS) is 11.2. The molecule has 0 aliphatic carbocycles. The van der Waals surface area contributed by atoms with Crippen LogP contribution < -0.4 is 20.7 Å². The van der Waals surface area contributed by atoms with Crippen molar-refractivity contribution >= 4 is 52.1 Å². The fourth-order valence-corrected chi connectivity index (χ4v) is 4.74. The second kappa shape index (κ2) is 12.8. The maximum absolute atomic E-state index is 13.3. The summed E-state index contributed by atoms with van der Waals surface area (Å²) in [5.74, 6) is 0.683. The Morgan fingerprint density at radius 3 is 1.89 bits per heavy atom. The molecule has 0 heterocycles. The highest BCUT2D eigenvalue weighted by Crippen LogP contribution is 2.36. The molecule has 0 fully saturated rings. The lowest BCUT2D eigenvalue weighted by molar-refractivity contribution is -0.115. The molecule has 4 aromatic rings. The minimum absolute atomic E-state index is 0.0919. The van der Waals surface area contributed by atoms with Gasteiger partial charge < -0.3 is 20.7 Å². The molecule has 1 unspecified atom stereocenters. The SMILES string of the molecule is CCOc1ccc(NC(=O)C(Sc2ccc(NC(=S)Nc3ccccc3)cc2)c2ccccc2)cc1. The molecule has 182 valence electrons. The van der Waals surface area contributed by atoms with E-state index in [0.717, 1.165) is 33.3 Å². The lowest BCUT2D eigenvalue weighted by Gasteiger charge is -2.18. The number of thioether (sulfide) groups is 1. The van der Waals surface area contributed by atoms with Gasteiger partial charge in [-0.25, -0.2) is 0 Å². The van der Waals surface area contributed by atoms with Crippen molar-refractivity contribution in [1.82, 2.24) is 0 Å². The van der Waals surface area contributed by atoms with Gasteiger partial charge in [-0.3, -0.25) is 4.79 Å². The largest absolute Gasteiger partial charge is 0.494 e. The molecule has 0 saturated carbocycles. The topological polar surface area (TPSA) is 62.4 Å². The van der Waals surface area contributed by atoms with Crippen molar-refractivity contribution in [3.8, 4) is 5.75 Å². The third-order valence-electron chi connectivity index (χ3n) is 5.17. The lowest BCUT2D eigenvalue weighted by Crippen LogP contribution is -2.19. The van der Waals surface area contributed by atoms with Crippen LogP contribution in [0, 0.1) is 0 Å². The zero-order valence-electron chi connectivity index (χ0n) is 19.8. The third-order valence-corrected chi connectivity index (χ3v) is 6.64. The maximum atomic E-state index is 13.3. The van der Waals surface area contributed by atoms with Gasteiger partial charge >= 0.3 is 0 Å². The summed E-state index contributed by atoms with van der Waals surface area (Å²) >= 11 is 6.91. The fraction of sp³-hybridized carbons (Fsp3) is 0.103. The molecule has 0 saturated heterocycles. The Hall–Kier alpha value is -3.81. The fourth-order valence-electron chi connectivity index (χ4n) is 3.48. The van der Waals surface area contributed by atoms with Gasteiger partial charge in [0, 0.05) is 22.0 Å². The first kappa shape index (κ1) is 25.3. The van der Waals surface area contributed by atoms with Crippen molar-refractivity contribution in [1.29, 1.82) is 0 Å². The molecule has 0 aliphatic rings. The number of hydrogen-bond acceptors (Lipinski definition) is 4. The molecule has 0 aromatic heterocycles. The number of ether oxygens (including phenoxy) is 1. The number of thiocarbonyl (C=S) groups is 1. The monoisotopic (exact) mass is 513 g/mol. The van der Waals surface area contributed by atoms with Crippen molar-refractivity contribution in [2.45, 2.75) is 17.1 Å². The molecular weight excluding hydrogens is 486 g/mol. The van der Waals surface area contributed by atoms with Crippen LogP contribution in [0.4, 0.5) is 17.1 Å². The van der Waals surface area contributed by atoms with E-state index in [1.165, 1.54) is 11.8 Å². The molecule has 3 N–H and O–H groups in total. The average Bonchev–Trinajstić information content (AvgIpc) is 2.90. The van der Waals surface area contributed by atoms with E-state index in [9.17, 15) is 4.79 Å². The van der Waals surface area contributed by atoms with Crippen LogP contribution >= 0.6 is 24.0 Å². The van der Waals surface area contributed by atoms with E-state index in [0.29, 0.717) is 11.7 Å². The standard InChI is InChI=1S/C29H27N3O2S2/c1-2-34-25-17-13-23(14-18-25)30-28(33)27(21-9-5-3-6-10-21)36-26-19-15-24(16-20-26)32-29(35)31-22-11-7-4-8-12-22/h3-20,27H,2H2,1H3,(H,30,33)(H2,31,32,35). The highest BCUT2D eigenvalue weighted by molar-refractivity contribution is 8.00. The zero-order valence-corrected chi connectivity index (χ0v) is 21.4. The summed E-state index contributed by atoms with van der Waals surface area (Å²) in [5, 5.41) is 9.49. The van der Waals surface area contributed by atoms with E-state index < -0.39 is 5.25 Å². The van der Waals surface area contributed by atoms with Gasteiger partial charge in [-0.1, -0.05) is 48.5 Å². The Morgan fingerprint density at radius 1 is 0.750 bits per heavy atom. The van der Waals surface area contributed by atoms with E-state index in [-0.39, 0.29) is 5.91 Å². The molecule has 1 atom stereocenters. The van der Waals surface area contributed by atoms with E-state index in [2.05, 4.69) is 16.0 Å². The number of carbonyl (C=O) groups excluding carboxylic acids is 1. The van der Waals surface area contributed by atoms with Crippen molar-refractivity contribution in [3.63, 3.8) is 0 Å². The lowest BCUT2D eigenvalue weighted by atomic mass is 10.1. The molecule has 0 aliphatic heterocycles. The van der Waals surface area contributed by atoms with Crippen LogP contribution in [-0.4, -0.2) is 17.6 Å². The van der Waals surface area contributed by atoms with Crippen LogP contribution in [0.15, 0.2) is 114 Å². The Morgan fingerprint density at radius 2 is 1.28 bits per heavy atom. The second-order valence-corrected chi connectivity index (χ2v) is 9.41. The predicted molar refractivity (Wildman–Crippen MR) is 154 cm³/mol. The molecule has 1 amide bonds. The van der Waals surface area contributed by atoms with Crippen molar-refractivity contribution in [2.24, 2.45) is 0 Å². The number of amides is 1. The number of anilines is 3. The Balaban J connectivity index is 1.43. The molecule has 4 aromatic carbocycles. The first-order valence-corrected chi connectivity index (χ1v) is 12.9. The van der Waals surface area contributed by atoms with Crippen LogP contribution in [0.25, 0.3) is 0 Å². The summed E-state index contributed by atoms with van der Waals surface area (Å²) in [4.78, 5) is 14.3. The quantitative estimate of drug-likeness (QED) is 0.160. The minimum Gasteiger partial charge on any atom is -0.494 e. The minimum atomic E-state index is -0.419. The van der Waals surface area contributed by atoms with Crippen molar-refractivity contribution in [2.75, 3.05) is 22.6 Å². The number of carbonyl (C=O) groups is 1. The van der Waals surface area contributed by atoms with Gasteiger partial charge in [0.15, 0.2) is 5.11 Å². The number of nitrogens with one attached hydrogen (secondary N) is 3. The van der Waals surface area contributed by atoms with Gasteiger partial charge in [-0.2, -0.15) is 0 Å². The highest BCUT2D eigenvalue weighted by atomic mass is 32.2. The summed E-state index contributed by atoms with van der Waals surface area (Å²) in [6.45, 7) is 2.54. The highest BCUT2D eigenvalue weighted by Gasteiger charge is 2.22. The molecule has 0 radical (unpaired) electrons. The summed E-state index contributed by atoms with van der Waals surface area (Å²) in [5.41, 5.74) is 3.44. The van der Waals surface area contributed by atoms with E-state index in [4.69, 9.17) is 17.0 Å². The van der Waals surface area contributed by atoms with Crippen LogP contribution in [0.3, 0.4) is 0 Å².